The molecule has 2 rings (SSSR count). The van der Waals surface area contributed by atoms with Gasteiger partial charge in [0, 0.05) is 0 Å². The van der Waals surface area contributed by atoms with Crippen LogP contribution in [0.3, 0.4) is 0 Å². The van der Waals surface area contributed by atoms with Crippen molar-refractivity contribution in [2.75, 3.05) is 11.9 Å². The third kappa shape index (κ3) is 2.20. The molecule has 1 unspecified atom stereocenters. The number of halogens is 3. The summed E-state index contributed by atoms with van der Waals surface area (Å²) < 4.78 is 39.1. The molecule has 0 saturated carbocycles. The van der Waals surface area contributed by atoms with Crippen LogP contribution >= 0.6 is 0 Å². The zero-order chi connectivity index (χ0) is 13.3. The maximum atomic E-state index is 13.4. The molecule has 1 fully saturated rings. The lowest BCUT2D eigenvalue weighted by Gasteiger charge is -2.23. The van der Waals surface area contributed by atoms with Crippen LogP contribution in [0.2, 0.25) is 0 Å². The molecule has 6 heteroatoms. The number of benzene rings is 1. The quantitative estimate of drug-likeness (QED) is 0.798. The lowest BCUT2D eigenvalue weighted by Crippen LogP contribution is -2.48. The molecule has 1 heterocycles. The number of anilines is 1. The summed E-state index contributed by atoms with van der Waals surface area (Å²) in [5.74, 6) is -4.71. The number of hydrogen-bond acceptors (Lipinski definition) is 2. The van der Waals surface area contributed by atoms with E-state index in [0.29, 0.717) is 13.0 Å². The van der Waals surface area contributed by atoms with Gasteiger partial charge in [-0.2, -0.15) is 0 Å². The highest BCUT2D eigenvalue weighted by molar-refractivity contribution is 5.98. The van der Waals surface area contributed by atoms with E-state index in [1.54, 1.807) is 6.92 Å². The van der Waals surface area contributed by atoms with Crippen LogP contribution < -0.4 is 10.6 Å². The summed E-state index contributed by atoms with van der Waals surface area (Å²) >= 11 is 0. The molecule has 0 spiro atoms. The van der Waals surface area contributed by atoms with Gasteiger partial charge in [0.2, 0.25) is 5.91 Å². The zero-order valence-electron chi connectivity index (χ0n) is 9.82. The van der Waals surface area contributed by atoms with Crippen LogP contribution in [0.1, 0.15) is 19.8 Å². The third-order valence-electron chi connectivity index (χ3n) is 3.15. The second kappa shape index (κ2) is 4.61. The van der Waals surface area contributed by atoms with E-state index in [-0.39, 0.29) is 5.69 Å². The first-order valence-electron chi connectivity index (χ1n) is 5.64. The van der Waals surface area contributed by atoms with E-state index in [0.717, 1.165) is 18.6 Å². The molecule has 1 aromatic carbocycles. The Morgan fingerprint density at radius 3 is 2.67 bits per heavy atom. The minimum Gasteiger partial charge on any atom is -0.322 e. The van der Waals surface area contributed by atoms with E-state index in [4.69, 9.17) is 0 Å². The Hall–Kier alpha value is -1.56. The predicted molar refractivity (Wildman–Crippen MR) is 60.6 cm³/mol. The molecule has 1 aliphatic rings. The number of carbonyl (C=O) groups excluding carboxylic acids is 1. The summed E-state index contributed by atoms with van der Waals surface area (Å²) in [6.45, 7) is 2.39. The predicted octanol–water partition coefficient (Wildman–Crippen LogP) is 2.18. The van der Waals surface area contributed by atoms with Crippen molar-refractivity contribution in [2.45, 2.75) is 25.3 Å². The molecular weight excluding hydrogens is 245 g/mol. The summed E-state index contributed by atoms with van der Waals surface area (Å²) in [5, 5.41) is 5.27. The maximum absolute atomic E-state index is 13.4. The summed E-state index contributed by atoms with van der Waals surface area (Å²) in [6, 6.07) is 1.78. The molecule has 1 aliphatic heterocycles. The first-order chi connectivity index (χ1) is 8.44. The van der Waals surface area contributed by atoms with Crippen molar-refractivity contribution in [3.63, 3.8) is 0 Å². The minimum absolute atomic E-state index is 0.353. The van der Waals surface area contributed by atoms with Gasteiger partial charge in [-0.15, -0.1) is 0 Å². The van der Waals surface area contributed by atoms with Gasteiger partial charge >= 0.3 is 0 Å². The standard InChI is InChI=1S/C12H13F3N2O/c1-12(5-2-6-16-12)11(18)17-8-4-3-7(13)9(14)10(8)15/h3-4,16H,2,5-6H2,1H3,(H,17,18). The minimum atomic E-state index is -1.59. The van der Waals surface area contributed by atoms with Crippen LogP contribution in [0, 0.1) is 17.5 Å². The molecule has 1 aromatic rings. The summed E-state index contributed by atoms with van der Waals surface area (Å²) in [7, 11) is 0. The van der Waals surface area contributed by atoms with Crippen LogP contribution in [-0.4, -0.2) is 18.0 Å². The van der Waals surface area contributed by atoms with Crippen LogP contribution in [-0.2, 0) is 4.79 Å². The lowest BCUT2D eigenvalue weighted by molar-refractivity contribution is -0.121. The second-order valence-electron chi connectivity index (χ2n) is 4.54. The highest BCUT2D eigenvalue weighted by Crippen LogP contribution is 2.24. The van der Waals surface area contributed by atoms with Gasteiger partial charge in [-0.1, -0.05) is 0 Å². The van der Waals surface area contributed by atoms with Gasteiger partial charge < -0.3 is 10.6 Å². The van der Waals surface area contributed by atoms with E-state index in [9.17, 15) is 18.0 Å². The maximum Gasteiger partial charge on any atom is 0.244 e. The number of amides is 1. The van der Waals surface area contributed by atoms with Crippen molar-refractivity contribution in [3.05, 3.63) is 29.6 Å². The first kappa shape index (κ1) is 12.9. The fraction of sp³-hybridized carbons (Fsp3) is 0.417. The Balaban J connectivity index is 2.19. The van der Waals surface area contributed by atoms with Gasteiger partial charge in [-0.05, 0) is 38.4 Å². The molecule has 0 radical (unpaired) electrons. The van der Waals surface area contributed by atoms with E-state index >= 15 is 0 Å². The van der Waals surface area contributed by atoms with Gasteiger partial charge in [0.1, 0.15) is 0 Å². The number of hydrogen-bond donors (Lipinski definition) is 2. The van der Waals surface area contributed by atoms with Gasteiger partial charge in [-0.3, -0.25) is 4.79 Å². The summed E-state index contributed by atoms with van der Waals surface area (Å²) in [4.78, 5) is 11.9. The molecule has 1 saturated heterocycles. The largest absolute Gasteiger partial charge is 0.322 e. The van der Waals surface area contributed by atoms with Gasteiger partial charge in [0.15, 0.2) is 17.5 Å². The molecule has 98 valence electrons. The lowest BCUT2D eigenvalue weighted by atomic mass is 9.99. The molecule has 18 heavy (non-hydrogen) atoms. The van der Waals surface area contributed by atoms with Crippen molar-refractivity contribution in [1.82, 2.24) is 5.32 Å². The summed E-state index contributed by atoms with van der Waals surface area (Å²) in [5.41, 5.74) is -1.15. The van der Waals surface area contributed by atoms with Crippen molar-refractivity contribution in [3.8, 4) is 0 Å². The van der Waals surface area contributed by atoms with E-state index < -0.39 is 28.9 Å². The van der Waals surface area contributed by atoms with Crippen LogP contribution in [0.5, 0.6) is 0 Å². The smallest absolute Gasteiger partial charge is 0.244 e. The fourth-order valence-electron chi connectivity index (χ4n) is 1.97. The van der Waals surface area contributed by atoms with E-state index in [1.165, 1.54) is 0 Å². The van der Waals surface area contributed by atoms with E-state index in [2.05, 4.69) is 10.6 Å². The molecule has 0 aliphatic carbocycles. The highest BCUT2D eigenvalue weighted by atomic mass is 19.2. The molecule has 1 amide bonds. The van der Waals surface area contributed by atoms with Crippen LogP contribution in [0.4, 0.5) is 18.9 Å². The molecule has 2 N–H and O–H groups in total. The van der Waals surface area contributed by atoms with Crippen molar-refractivity contribution >= 4 is 11.6 Å². The van der Waals surface area contributed by atoms with E-state index in [1.807, 2.05) is 0 Å². The zero-order valence-corrected chi connectivity index (χ0v) is 9.82. The topological polar surface area (TPSA) is 41.1 Å². The normalized spacial score (nSPS) is 23.1. The summed E-state index contributed by atoms with van der Waals surface area (Å²) in [6.07, 6.45) is 1.45. The average molecular weight is 258 g/mol. The Bertz CT molecular complexity index is 484. The number of nitrogens with one attached hydrogen (secondary N) is 2. The molecular formula is C12H13F3N2O. The van der Waals surface area contributed by atoms with Gasteiger partial charge in [0.25, 0.3) is 0 Å². The number of carbonyl (C=O) groups is 1. The van der Waals surface area contributed by atoms with Gasteiger partial charge in [0.05, 0.1) is 11.2 Å². The van der Waals surface area contributed by atoms with Crippen molar-refractivity contribution in [2.24, 2.45) is 0 Å². The highest BCUT2D eigenvalue weighted by Gasteiger charge is 2.36. The van der Waals surface area contributed by atoms with Crippen LogP contribution in [0.25, 0.3) is 0 Å². The average Bonchev–Trinajstić information content (AvgIpc) is 2.78. The van der Waals surface area contributed by atoms with Gasteiger partial charge in [-0.25, -0.2) is 13.2 Å². The molecule has 0 bridgehead atoms. The SMILES string of the molecule is CC1(C(=O)Nc2ccc(F)c(F)c2F)CCCN1. The third-order valence-corrected chi connectivity index (χ3v) is 3.15. The number of rotatable bonds is 2. The molecule has 3 nitrogen and oxygen atoms in total. The van der Waals surface area contributed by atoms with Crippen LogP contribution in [0.15, 0.2) is 12.1 Å². The first-order valence-corrected chi connectivity index (χ1v) is 5.64. The fourth-order valence-corrected chi connectivity index (χ4v) is 1.97. The second-order valence-corrected chi connectivity index (χ2v) is 4.54. The monoisotopic (exact) mass is 258 g/mol. The Kier molecular flexibility index (Phi) is 3.30. The Morgan fingerprint density at radius 1 is 1.33 bits per heavy atom. The van der Waals surface area contributed by atoms with Crippen molar-refractivity contribution in [1.29, 1.82) is 0 Å². The Labute approximate surface area is 102 Å². The van der Waals surface area contributed by atoms with Crippen molar-refractivity contribution < 1.29 is 18.0 Å². The molecule has 1 atom stereocenters. The molecule has 0 aromatic heterocycles. The Morgan fingerprint density at radius 2 is 2.06 bits per heavy atom.